The number of imidazole rings is 1. The second-order valence-electron chi connectivity index (χ2n) is 4.73. The smallest absolute Gasteiger partial charge is 0.262 e. The van der Waals surface area contributed by atoms with Crippen LogP contribution in [0.15, 0.2) is 17.6 Å². The average Bonchev–Trinajstić information content (AvgIpc) is 2.77. The zero-order valence-corrected chi connectivity index (χ0v) is 12.8. The van der Waals surface area contributed by atoms with Crippen LogP contribution >= 0.6 is 15.9 Å². The van der Waals surface area contributed by atoms with Crippen LogP contribution in [0.1, 0.15) is 19.3 Å². The van der Waals surface area contributed by atoms with Crippen molar-refractivity contribution in [1.82, 2.24) is 13.9 Å². The van der Waals surface area contributed by atoms with Crippen LogP contribution in [-0.2, 0) is 17.1 Å². The van der Waals surface area contributed by atoms with Gasteiger partial charge in [-0.2, -0.15) is 4.31 Å². The van der Waals surface area contributed by atoms with Crippen LogP contribution in [-0.4, -0.2) is 40.7 Å². The molecule has 7 heteroatoms. The van der Waals surface area contributed by atoms with Crippen LogP contribution in [0, 0.1) is 5.92 Å². The number of nitrogens with zero attached hydrogens (tertiary/aromatic N) is 3. The molecular formula is C11H18BrN3O2S. The van der Waals surface area contributed by atoms with E-state index in [1.165, 1.54) is 6.33 Å². The van der Waals surface area contributed by atoms with Gasteiger partial charge in [0.1, 0.15) is 0 Å². The lowest BCUT2D eigenvalue weighted by Gasteiger charge is -2.31. The molecule has 0 bridgehead atoms. The number of hydrogen-bond acceptors (Lipinski definition) is 3. The topological polar surface area (TPSA) is 55.2 Å². The minimum Gasteiger partial charge on any atom is -0.339 e. The monoisotopic (exact) mass is 335 g/mol. The van der Waals surface area contributed by atoms with Crippen molar-refractivity contribution in [3.63, 3.8) is 0 Å². The molecule has 1 aromatic heterocycles. The lowest BCUT2D eigenvalue weighted by molar-refractivity contribution is 0.262. The molecule has 1 aliphatic heterocycles. The summed E-state index contributed by atoms with van der Waals surface area (Å²) in [7, 11) is -1.63. The summed E-state index contributed by atoms with van der Waals surface area (Å²) >= 11 is 3.42. The Labute approximate surface area is 116 Å². The molecule has 1 aromatic rings. The maximum Gasteiger partial charge on any atom is 0.262 e. The molecule has 2 rings (SSSR count). The maximum atomic E-state index is 12.4. The summed E-state index contributed by atoms with van der Waals surface area (Å²) in [6.07, 6.45) is 6.15. The van der Waals surface area contributed by atoms with Crippen molar-refractivity contribution in [3.8, 4) is 0 Å². The standard InChI is InChI=1S/C11H18BrN3O2S/c1-14-8-11(13-9-14)18(16,17)15-6-2-3-10(7-15)4-5-12/h8-10H,2-7H2,1H3. The quantitative estimate of drug-likeness (QED) is 0.785. The molecule has 5 nitrogen and oxygen atoms in total. The number of piperidine rings is 1. The maximum absolute atomic E-state index is 12.4. The highest BCUT2D eigenvalue weighted by Crippen LogP contribution is 2.25. The second kappa shape index (κ2) is 5.71. The summed E-state index contributed by atoms with van der Waals surface area (Å²) in [6.45, 7) is 1.22. The molecule has 102 valence electrons. The van der Waals surface area contributed by atoms with Crippen molar-refractivity contribution >= 4 is 26.0 Å². The average molecular weight is 336 g/mol. The third kappa shape index (κ3) is 2.95. The minimum absolute atomic E-state index is 0.157. The third-order valence-electron chi connectivity index (χ3n) is 3.28. The first-order valence-electron chi connectivity index (χ1n) is 6.08. The van der Waals surface area contributed by atoms with Gasteiger partial charge in [0.2, 0.25) is 0 Å². The van der Waals surface area contributed by atoms with E-state index in [9.17, 15) is 8.42 Å². The van der Waals surface area contributed by atoms with Crippen LogP contribution < -0.4 is 0 Å². The Morgan fingerprint density at radius 2 is 2.33 bits per heavy atom. The molecule has 1 atom stereocenters. The molecular weight excluding hydrogens is 318 g/mol. The normalized spacial score (nSPS) is 22.2. The number of rotatable bonds is 4. The van der Waals surface area contributed by atoms with E-state index in [0.717, 1.165) is 24.6 Å². The Morgan fingerprint density at radius 3 is 2.94 bits per heavy atom. The van der Waals surface area contributed by atoms with E-state index in [2.05, 4.69) is 20.9 Å². The first-order chi connectivity index (χ1) is 8.54. The summed E-state index contributed by atoms with van der Waals surface area (Å²) in [4.78, 5) is 3.96. The van der Waals surface area contributed by atoms with Gasteiger partial charge >= 0.3 is 0 Å². The Bertz CT molecular complexity index is 498. The van der Waals surface area contributed by atoms with Gasteiger partial charge in [0.05, 0.1) is 6.33 Å². The van der Waals surface area contributed by atoms with Gasteiger partial charge in [-0.3, -0.25) is 0 Å². The fourth-order valence-electron chi connectivity index (χ4n) is 2.29. The molecule has 0 N–H and O–H groups in total. The van der Waals surface area contributed by atoms with Gasteiger partial charge in [0.25, 0.3) is 10.0 Å². The molecule has 1 aliphatic rings. The van der Waals surface area contributed by atoms with E-state index in [-0.39, 0.29) is 5.03 Å². The van der Waals surface area contributed by atoms with Crippen LogP contribution in [0.4, 0.5) is 0 Å². The molecule has 0 radical (unpaired) electrons. The van der Waals surface area contributed by atoms with E-state index in [1.54, 1.807) is 22.1 Å². The zero-order valence-electron chi connectivity index (χ0n) is 10.4. The Balaban J connectivity index is 2.15. The summed E-state index contributed by atoms with van der Waals surface area (Å²) in [5.41, 5.74) is 0. The molecule has 0 saturated carbocycles. The minimum atomic E-state index is -3.41. The Morgan fingerprint density at radius 1 is 1.56 bits per heavy atom. The van der Waals surface area contributed by atoms with Crippen molar-refractivity contribution < 1.29 is 8.42 Å². The highest BCUT2D eigenvalue weighted by atomic mass is 79.9. The number of aromatic nitrogens is 2. The Kier molecular flexibility index (Phi) is 4.45. The second-order valence-corrected chi connectivity index (χ2v) is 7.40. The van der Waals surface area contributed by atoms with Crippen LogP contribution in [0.2, 0.25) is 0 Å². The molecule has 1 unspecified atom stereocenters. The molecule has 2 heterocycles. The van der Waals surface area contributed by atoms with E-state index in [1.807, 2.05) is 0 Å². The van der Waals surface area contributed by atoms with Gasteiger partial charge in [0.15, 0.2) is 5.03 Å². The highest BCUT2D eigenvalue weighted by molar-refractivity contribution is 9.09. The summed E-state index contributed by atoms with van der Waals surface area (Å²) in [5, 5.41) is 1.08. The van der Waals surface area contributed by atoms with Crippen molar-refractivity contribution in [3.05, 3.63) is 12.5 Å². The SMILES string of the molecule is Cn1cnc(S(=O)(=O)N2CCCC(CCBr)C2)c1. The number of sulfonamides is 1. The molecule has 0 amide bonds. The van der Waals surface area contributed by atoms with Crippen LogP contribution in [0.25, 0.3) is 0 Å². The Hall–Kier alpha value is -0.400. The van der Waals surface area contributed by atoms with Gasteiger partial charge < -0.3 is 4.57 Å². The van der Waals surface area contributed by atoms with Crippen molar-refractivity contribution in [2.45, 2.75) is 24.3 Å². The molecule has 18 heavy (non-hydrogen) atoms. The molecule has 0 aliphatic carbocycles. The summed E-state index contributed by atoms with van der Waals surface area (Å²) in [6, 6.07) is 0. The van der Waals surface area contributed by atoms with Gasteiger partial charge in [-0.05, 0) is 25.2 Å². The number of alkyl halides is 1. The molecule has 1 fully saturated rings. The van der Waals surface area contributed by atoms with E-state index in [4.69, 9.17) is 0 Å². The van der Waals surface area contributed by atoms with Crippen molar-refractivity contribution in [2.24, 2.45) is 13.0 Å². The van der Waals surface area contributed by atoms with Crippen molar-refractivity contribution in [2.75, 3.05) is 18.4 Å². The van der Waals surface area contributed by atoms with Gasteiger partial charge in [-0.25, -0.2) is 13.4 Å². The van der Waals surface area contributed by atoms with Crippen LogP contribution in [0.3, 0.4) is 0 Å². The van der Waals surface area contributed by atoms with Gasteiger partial charge in [-0.1, -0.05) is 15.9 Å². The largest absolute Gasteiger partial charge is 0.339 e. The first-order valence-corrected chi connectivity index (χ1v) is 8.64. The van der Waals surface area contributed by atoms with Crippen molar-refractivity contribution in [1.29, 1.82) is 0 Å². The van der Waals surface area contributed by atoms with E-state index >= 15 is 0 Å². The molecule has 0 aromatic carbocycles. The molecule has 0 spiro atoms. The zero-order chi connectivity index (χ0) is 13.2. The predicted octanol–water partition coefficient (Wildman–Crippen LogP) is 1.61. The fraction of sp³-hybridized carbons (Fsp3) is 0.727. The lowest BCUT2D eigenvalue weighted by atomic mass is 9.97. The van der Waals surface area contributed by atoms with E-state index in [0.29, 0.717) is 19.0 Å². The van der Waals surface area contributed by atoms with E-state index < -0.39 is 10.0 Å². The lowest BCUT2D eigenvalue weighted by Crippen LogP contribution is -2.40. The van der Waals surface area contributed by atoms with Gasteiger partial charge in [0, 0.05) is 31.7 Å². The number of aryl methyl sites for hydroxylation is 1. The van der Waals surface area contributed by atoms with Gasteiger partial charge in [-0.15, -0.1) is 0 Å². The third-order valence-corrected chi connectivity index (χ3v) is 5.49. The molecule has 1 saturated heterocycles. The van der Waals surface area contributed by atoms with Crippen LogP contribution in [0.5, 0.6) is 0 Å². The summed E-state index contributed by atoms with van der Waals surface area (Å²) in [5.74, 6) is 0.455. The number of hydrogen-bond donors (Lipinski definition) is 0. The fourth-order valence-corrected chi connectivity index (χ4v) is 4.46. The first kappa shape index (κ1) is 14.0. The summed E-state index contributed by atoms with van der Waals surface area (Å²) < 4.78 is 28.0. The highest BCUT2D eigenvalue weighted by Gasteiger charge is 2.31. The predicted molar refractivity (Wildman–Crippen MR) is 73.1 cm³/mol. The number of halogens is 1.